The zero-order valence-corrected chi connectivity index (χ0v) is 16.2. The molecule has 2 aromatic rings. The summed E-state index contributed by atoms with van der Waals surface area (Å²) in [5.41, 5.74) is 1.60. The summed E-state index contributed by atoms with van der Waals surface area (Å²) in [7, 11) is 0. The molecule has 1 atom stereocenters. The molecule has 3 amide bonds. The Morgan fingerprint density at radius 3 is 2.55 bits per heavy atom. The van der Waals surface area contributed by atoms with Crippen LogP contribution in [0.1, 0.15) is 22.3 Å². The van der Waals surface area contributed by atoms with Gasteiger partial charge in [-0.3, -0.25) is 14.9 Å². The highest BCUT2D eigenvalue weighted by atomic mass is 32.2. The molecule has 9 heteroatoms. The summed E-state index contributed by atoms with van der Waals surface area (Å²) in [4.78, 5) is 34.8. The van der Waals surface area contributed by atoms with Gasteiger partial charge in [-0.2, -0.15) is 5.26 Å². The summed E-state index contributed by atoms with van der Waals surface area (Å²) in [6.45, 7) is 0.0861. The first kappa shape index (κ1) is 21.8. The van der Waals surface area contributed by atoms with Crippen LogP contribution in [0.4, 0.5) is 10.5 Å². The molecule has 0 aliphatic heterocycles. The third-order valence-electron chi connectivity index (χ3n) is 3.68. The van der Waals surface area contributed by atoms with E-state index >= 15 is 0 Å². The summed E-state index contributed by atoms with van der Waals surface area (Å²) < 4.78 is 0. The zero-order chi connectivity index (χ0) is 21.1. The molecule has 29 heavy (non-hydrogen) atoms. The van der Waals surface area contributed by atoms with Crippen molar-refractivity contribution in [3.05, 3.63) is 65.7 Å². The number of carbonyl (C=O) groups is 3. The number of hydrogen-bond acceptors (Lipinski definition) is 5. The highest BCUT2D eigenvalue weighted by Crippen LogP contribution is 2.15. The monoisotopic (exact) mass is 412 g/mol. The van der Waals surface area contributed by atoms with E-state index in [0.29, 0.717) is 5.75 Å². The lowest BCUT2D eigenvalue weighted by Gasteiger charge is -2.12. The second kappa shape index (κ2) is 11.4. The number of benzene rings is 2. The molecular formula is C20H20N4O4S. The molecule has 0 aliphatic carbocycles. The van der Waals surface area contributed by atoms with Gasteiger partial charge in [0.1, 0.15) is 0 Å². The number of nitriles is 1. The molecule has 0 bridgehead atoms. The van der Waals surface area contributed by atoms with E-state index < -0.39 is 17.4 Å². The summed E-state index contributed by atoms with van der Waals surface area (Å²) >= 11 is 1.31. The lowest BCUT2D eigenvalue weighted by Crippen LogP contribution is -2.35. The Morgan fingerprint density at radius 1 is 1.10 bits per heavy atom. The number of nitrogens with zero attached hydrogens (tertiary/aromatic N) is 1. The van der Waals surface area contributed by atoms with Crippen LogP contribution in [0.2, 0.25) is 0 Å². The van der Waals surface area contributed by atoms with Gasteiger partial charge in [0.2, 0.25) is 5.91 Å². The molecule has 0 saturated carbocycles. The van der Waals surface area contributed by atoms with Gasteiger partial charge in [0.25, 0.3) is 5.91 Å². The topological polar surface area (TPSA) is 131 Å². The van der Waals surface area contributed by atoms with Gasteiger partial charge in [-0.05, 0) is 23.8 Å². The molecule has 4 N–H and O–H groups in total. The van der Waals surface area contributed by atoms with Crippen LogP contribution < -0.4 is 16.0 Å². The molecule has 150 valence electrons. The standard InChI is InChI=1S/C20H20N4O4S/c21-12-18(29-13-14-5-2-1-3-6-14)24-17(25)9-10-22-19(26)15-7-4-8-16(11-15)23-20(27)28/h1-8,11,18,23H,9-10,13H2,(H,22,26)(H,24,25)(H,27,28)/t18-/m1/s1. The van der Waals surface area contributed by atoms with Crippen molar-refractivity contribution in [1.29, 1.82) is 5.26 Å². The van der Waals surface area contributed by atoms with Crippen molar-refractivity contribution < 1.29 is 19.5 Å². The predicted octanol–water partition coefficient (Wildman–Crippen LogP) is 2.80. The van der Waals surface area contributed by atoms with Gasteiger partial charge in [-0.1, -0.05) is 36.4 Å². The third-order valence-corrected chi connectivity index (χ3v) is 4.74. The number of nitrogens with one attached hydrogen (secondary N) is 3. The molecule has 0 fully saturated rings. The molecular weight excluding hydrogens is 392 g/mol. The molecule has 0 aromatic heterocycles. The Balaban J connectivity index is 1.74. The molecule has 0 spiro atoms. The van der Waals surface area contributed by atoms with Crippen LogP contribution in [0.25, 0.3) is 0 Å². The van der Waals surface area contributed by atoms with Crippen molar-refractivity contribution in [3.8, 4) is 6.07 Å². The second-order valence-corrected chi connectivity index (χ2v) is 6.98. The normalized spacial score (nSPS) is 11.0. The fourth-order valence-electron chi connectivity index (χ4n) is 2.34. The first-order chi connectivity index (χ1) is 14.0. The molecule has 0 unspecified atom stereocenters. The van der Waals surface area contributed by atoms with Crippen LogP contribution in [-0.2, 0) is 10.5 Å². The molecule has 2 rings (SSSR count). The van der Waals surface area contributed by atoms with Crippen molar-refractivity contribution in [2.24, 2.45) is 0 Å². The zero-order valence-electron chi connectivity index (χ0n) is 15.4. The second-order valence-electron chi connectivity index (χ2n) is 5.89. The Bertz CT molecular complexity index is 899. The summed E-state index contributed by atoms with van der Waals surface area (Å²) in [5, 5.41) is 24.6. The Kier molecular flexibility index (Phi) is 8.53. The quantitative estimate of drug-likeness (QED) is 0.468. The maximum atomic E-state index is 12.1. The lowest BCUT2D eigenvalue weighted by atomic mass is 10.2. The van der Waals surface area contributed by atoms with E-state index in [0.717, 1.165) is 5.56 Å². The largest absolute Gasteiger partial charge is 0.465 e. The van der Waals surface area contributed by atoms with Gasteiger partial charge in [-0.15, -0.1) is 11.8 Å². The Morgan fingerprint density at radius 2 is 1.86 bits per heavy atom. The van der Waals surface area contributed by atoms with Crippen molar-refractivity contribution in [1.82, 2.24) is 10.6 Å². The molecule has 0 heterocycles. The molecule has 0 aliphatic rings. The summed E-state index contributed by atoms with van der Waals surface area (Å²) in [6.07, 6.45) is -1.21. The van der Waals surface area contributed by atoms with E-state index in [1.165, 1.54) is 30.0 Å². The number of rotatable bonds is 9. The number of thioether (sulfide) groups is 1. The first-order valence-electron chi connectivity index (χ1n) is 8.70. The van der Waals surface area contributed by atoms with E-state index in [-0.39, 0.29) is 30.1 Å². The molecule has 0 saturated heterocycles. The van der Waals surface area contributed by atoms with Crippen LogP contribution >= 0.6 is 11.8 Å². The van der Waals surface area contributed by atoms with Gasteiger partial charge in [0.05, 0.1) is 6.07 Å². The lowest BCUT2D eigenvalue weighted by molar-refractivity contribution is -0.120. The Hall–Kier alpha value is -3.51. The van der Waals surface area contributed by atoms with E-state index in [9.17, 15) is 19.6 Å². The fourth-order valence-corrected chi connectivity index (χ4v) is 3.18. The third kappa shape index (κ3) is 7.94. The highest BCUT2D eigenvalue weighted by Gasteiger charge is 2.13. The van der Waals surface area contributed by atoms with E-state index in [4.69, 9.17) is 5.11 Å². The van der Waals surface area contributed by atoms with Gasteiger partial charge >= 0.3 is 6.09 Å². The van der Waals surface area contributed by atoms with Crippen molar-refractivity contribution in [2.45, 2.75) is 17.5 Å². The average Bonchev–Trinajstić information content (AvgIpc) is 2.71. The van der Waals surface area contributed by atoms with Crippen LogP contribution in [0.3, 0.4) is 0 Å². The van der Waals surface area contributed by atoms with Crippen LogP contribution in [-0.4, -0.2) is 34.9 Å². The van der Waals surface area contributed by atoms with Gasteiger partial charge in [-0.25, -0.2) is 4.79 Å². The molecule has 0 radical (unpaired) electrons. The van der Waals surface area contributed by atoms with Gasteiger partial charge in [0, 0.05) is 30.0 Å². The van der Waals surface area contributed by atoms with E-state index in [1.54, 1.807) is 6.07 Å². The minimum Gasteiger partial charge on any atom is -0.465 e. The van der Waals surface area contributed by atoms with Gasteiger partial charge in [0.15, 0.2) is 5.37 Å². The fraction of sp³-hybridized carbons (Fsp3) is 0.200. The number of hydrogen-bond donors (Lipinski definition) is 4. The van der Waals surface area contributed by atoms with Crippen LogP contribution in [0.5, 0.6) is 0 Å². The predicted molar refractivity (Wildman–Crippen MR) is 110 cm³/mol. The number of amides is 3. The highest BCUT2D eigenvalue weighted by molar-refractivity contribution is 7.99. The summed E-state index contributed by atoms with van der Waals surface area (Å²) in [5.74, 6) is -0.183. The minimum atomic E-state index is -1.23. The van der Waals surface area contributed by atoms with Crippen LogP contribution in [0.15, 0.2) is 54.6 Å². The summed E-state index contributed by atoms with van der Waals surface area (Å²) in [6, 6.07) is 17.7. The number of carbonyl (C=O) groups excluding carboxylic acids is 2. The van der Waals surface area contributed by atoms with Gasteiger partial charge < -0.3 is 15.7 Å². The molecule has 8 nitrogen and oxygen atoms in total. The first-order valence-corrected chi connectivity index (χ1v) is 9.75. The van der Waals surface area contributed by atoms with E-state index in [1.807, 2.05) is 36.4 Å². The van der Waals surface area contributed by atoms with Crippen LogP contribution in [0, 0.1) is 11.3 Å². The van der Waals surface area contributed by atoms with Crippen molar-refractivity contribution >= 4 is 35.4 Å². The Labute approximate surface area is 172 Å². The number of carboxylic acid groups (broad SMARTS) is 1. The molecule has 2 aromatic carbocycles. The smallest absolute Gasteiger partial charge is 0.409 e. The maximum Gasteiger partial charge on any atom is 0.409 e. The maximum absolute atomic E-state index is 12.1. The minimum absolute atomic E-state index is 0.0167. The average molecular weight is 412 g/mol. The van der Waals surface area contributed by atoms with E-state index in [2.05, 4.69) is 16.0 Å². The SMILES string of the molecule is N#C[C@H](NC(=O)CCNC(=O)c1cccc(NC(=O)O)c1)SCc1ccccc1. The van der Waals surface area contributed by atoms with Crippen molar-refractivity contribution in [2.75, 3.05) is 11.9 Å². The van der Waals surface area contributed by atoms with Crippen molar-refractivity contribution in [3.63, 3.8) is 0 Å². The number of anilines is 1.